The first kappa shape index (κ1) is 8.91. The number of phenolic OH excluding ortho intramolecular Hbond substituents is 1. The number of aryl methyl sites for hydroxylation is 1. The Labute approximate surface area is 73.0 Å². The van der Waals surface area contributed by atoms with Gasteiger partial charge in [0.25, 0.3) is 0 Å². The van der Waals surface area contributed by atoms with Gasteiger partial charge in [0.15, 0.2) is 0 Å². The third-order valence-corrected chi connectivity index (χ3v) is 2.17. The number of aromatic hydroxyl groups is 1. The second kappa shape index (κ2) is 3.48. The van der Waals surface area contributed by atoms with Crippen molar-refractivity contribution < 1.29 is 5.11 Å². The molecule has 12 heavy (non-hydrogen) atoms. The van der Waals surface area contributed by atoms with E-state index in [2.05, 4.69) is 6.92 Å². The van der Waals surface area contributed by atoms with Gasteiger partial charge in [-0.2, -0.15) is 0 Å². The molecule has 0 radical (unpaired) electrons. The van der Waals surface area contributed by atoms with E-state index in [1.165, 1.54) is 5.56 Å². The quantitative estimate of drug-likeness (QED) is 0.520. The van der Waals surface area contributed by atoms with E-state index in [4.69, 9.17) is 5.73 Å². The van der Waals surface area contributed by atoms with Crippen molar-refractivity contribution in [1.29, 1.82) is 0 Å². The van der Waals surface area contributed by atoms with Gasteiger partial charge in [0.2, 0.25) is 0 Å². The fourth-order valence-corrected chi connectivity index (χ4v) is 1.45. The lowest BCUT2D eigenvalue weighted by atomic mass is 10.0. The van der Waals surface area contributed by atoms with E-state index < -0.39 is 0 Å². The molecule has 1 rings (SSSR count). The maximum atomic E-state index is 9.33. The van der Waals surface area contributed by atoms with Crippen LogP contribution in [0, 0.1) is 0 Å². The second-order valence-corrected chi connectivity index (χ2v) is 2.84. The van der Waals surface area contributed by atoms with E-state index in [9.17, 15) is 5.11 Å². The Kier molecular flexibility index (Phi) is 2.58. The molecule has 0 spiro atoms. The zero-order valence-electron chi connectivity index (χ0n) is 7.59. The molecular formula is C10H15NO. The van der Waals surface area contributed by atoms with Gasteiger partial charge in [0.1, 0.15) is 5.75 Å². The van der Waals surface area contributed by atoms with Crippen molar-refractivity contribution in [3.63, 3.8) is 0 Å². The smallest absolute Gasteiger partial charge is 0.138 e. The predicted octanol–water partition coefficient (Wildman–Crippen LogP) is 2.10. The molecule has 3 N–H and O–H groups in total. The van der Waals surface area contributed by atoms with Crippen LogP contribution in [0.1, 0.15) is 25.0 Å². The van der Waals surface area contributed by atoms with Crippen LogP contribution >= 0.6 is 0 Å². The van der Waals surface area contributed by atoms with E-state index in [1.54, 1.807) is 6.07 Å². The minimum atomic E-state index is 0.198. The van der Waals surface area contributed by atoms with Crippen LogP contribution in [0.25, 0.3) is 0 Å². The van der Waals surface area contributed by atoms with E-state index in [1.807, 2.05) is 13.0 Å². The first-order chi connectivity index (χ1) is 5.70. The molecule has 0 fully saturated rings. The van der Waals surface area contributed by atoms with Crippen LogP contribution in [0.15, 0.2) is 12.1 Å². The molecule has 0 saturated carbocycles. The molecule has 0 aliphatic carbocycles. The number of nitrogens with two attached hydrogens (primary N) is 1. The zero-order valence-corrected chi connectivity index (χ0v) is 7.59. The zero-order chi connectivity index (χ0) is 9.14. The fourth-order valence-electron chi connectivity index (χ4n) is 1.45. The highest BCUT2D eigenvalue weighted by Gasteiger charge is 2.06. The van der Waals surface area contributed by atoms with Crippen LogP contribution in [-0.2, 0) is 12.8 Å². The summed E-state index contributed by atoms with van der Waals surface area (Å²) in [4.78, 5) is 0. The predicted molar refractivity (Wildman–Crippen MR) is 51.3 cm³/mol. The molecule has 0 amide bonds. The van der Waals surface area contributed by atoms with Crippen molar-refractivity contribution >= 4 is 5.69 Å². The average molecular weight is 165 g/mol. The van der Waals surface area contributed by atoms with Gasteiger partial charge in [-0.25, -0.2) is 0 Å². The van der Waals surface area contributed by atoms with Crippen molar-refractivity contribution in [2.75, 3.05) is 5.73 Å². The Balaban J connectivity index is 3.25. The Morgan fingerprint density at radius 3 is 2.42 bits per heavy atom. The molecule has 2 nitrogen and oxygen atoms in total. The van der Waals surface area contributed by atoms with Gasteiger partial charge in [0, 0.05) is 0 Å². The molecule has 0 atom stereocenters. The van der Waals surface area contributed by atoms with Crippen LogP contribution < -0.4 is 5.73 Å². The SMILES string of the molecule is CCc1ccc(O)c(N)c1CC. The van der Waals surface area contributed by atoms with Crippen LogP contribution in [0.4, 0.5) is 5.69 Å². The molecule has 0 saturated heterocycles. The lowest BCUT2D eigenvalue weighted by Gasteiger charge is -2.09. The van der Waals surface area contributed by atoms with Gasteiger partial charge < -0.3 is 10.8 Å². The van der Waals surface area contributed by atoms with Crippen LogP contribution in [0.3, 0.4) is 0 Å². The standard InChI is InChI=1S/C10H15NO/c1-3-7-5-6-9(12)10(11)8(7)4-2/h5-6,12H,3-4,11H2,1-2H3. The van der Waals surface area contributed by atoms with Crippen molar-refractivity contribution in [2.24, 2.45) is 0 Å². The van der Waals surface area contributed by atoms with Crippen molar-refractivity contribution in [1.82, 2.24) is 0 Å². The summed E-state index contributed by atoms with van der Waals surface area (Å²) in [6, 6.07) is 3.60. The van der Waals surface area contributed by atoms with Crippen LogP contribution in [0.2, 0.25) is 0 Å². The fraction of sp³-hybridized carbons (Fsp3) is 0.400. The van der Waals surface area contributed by atoms with Crippen molar-refractivity contribution in [3.05, 3.63) is 23.3 Å². The summed E-state index contributed by atoms with van der Waals surface area (Å²) in [7, 11) is 0. The molecule has 2 heteroatoms. The molecule has 0 aliphatic rings. The Morgan fingerprint density at radius 2 is 1.92 bits per heavy atom. The highest BCUT2D eigenvalue weighted by atomic mass is 16.3. The molecule has 0 aromatic heterocycles. The van der Waals surface area contributed by atoms with Crippen LogP contribution in [-0.4, -0.2) is 5.11 Å². The first-order valence-electron chi connectivity index (χ1n) is 4.29. The summed E-state index contributed by atoms with van der Waals surface area (Å²) in [5, 5.41) is 9.33. The largest absolute Gasteiger partial charge is 0.506 e. The number of nitrogen functional groups attached to an aromatic ring is 1. The Hall–Kier alpha value is -1.18. The normalized spacial score (nSPS) is 10.2. The van der Waals surface area contributed by atoms with E-state index >= 15 is 0 Å². The molecule has 0 unspecified atom stereocenters. The number of benzene rings is 1. The molecule has 66 valence electrons. The highest BCUT2D eigenvalue weighted by molar-refractivity contribution is 5.60. The van der Waals surface area contributed by atoms with Gasteiger partial charge in [0.05, 0.1) is 5.69 Å². The summed E-state index contributed by atoms with van der Waals surface area (Å²) < 4.78 is 0. The number of rotatable bonds is 2. The molecule has 1 aromatic rings. The van der Waals surface area contributed by atoms with Crippen molar-refractivity contribution in [2.45, 2.75) is 26.7 Å². The number of phenols is 1. The van der Waals surface area contributed by atoms with Gasteiger partial charge >= 0.3 is 0 Å². The average Bonchev–Trinajstić information content (AvgIpc) is 2.09. The lowest BCUT2D eigenvalue weighted by Crippen LogP contribution is -1.98. The molecule has 1 aromatic carbocycles. The summed E-state index contributed by atoms with van der Waals surface area (Å²) in [6.07, 6.45) is 1.84. The van der Waals surface area contributed by atoms with Gasteiger partial charge in [-0.05, 0) is 30.0 Å². The van der Waals surface area contributed by atoms with Gasteiger partial charge in [-0.15, -0.1) is 0 Å². The third-order valence-electron chi connectivity index (χ3n) is 2.17. The maximum absolute atomic E-state index is 9.33. The lowest BCUT2D eigenvalue weighted by molar-refractivity contribution is 0.477. The number of hydrogen-bond donors (Lipinski definition) is 2. The number of anilines is 1. The molecule has 0 bridgehead atoms. The summed E-state index contributed by atoms with van der Waals surface area (Å²) in [5.74, 6) is 0.198. The topological polar surface area (TPSA) is 46.2 Å². The monoisotopic (exact) mass is 165 g/mol. The molecule has 0 aliphatic heterocycles. The first-order valence-corrected chi connectivity index (χ1v) is 4.29. The van der Waals surface area contributed by atoms with Gasteiger partial charge in [-0.3, -0.25) is 0 Å². The summed E-state index contributed by atoms with van der Waals surface area (Å²) in [5.41, 5.74) is 8.57. The minimum Gasteiger partial charge on any atom is -0.506 e. The maximum Gasteiger partial charge on any atom is 0.138 e. The van der Waals surface area contributed by atoms with Crippen LogP contribution in [0.5, 0.6) is 5.75 Å². The van der Waals surface area contributed by atoms with Gasteiger partial charge in [-0.1, -0.05) is 19.9 Å². The second-order valence-electron chi connectivity index (χ2n) is 2.84. The van der Waals surface area contributed by atoms with E-state index in [0.717, 1.165) is 18.4 Å². The Bertz CT molecular complexity index is 281. The van der Waals surface area contributed by atoms with Crippen molar-refractivity contribution in [3.8, 4) is 5.75 Å². The number of hydrogen-bond acceptors (Lipinski definition) is 2. The van der Waals surface area contributed by atoms with E-state index in [0.29, 0.717) is 5.69 Å². The summed E-state index contributed by atoms with van der Waals surface area (Å²) >= 11 is 0. The third kappa shape index (κ3) is 1.37. The highest BCUT2D eigenvalue weighted by Crippen LogP contribution is 2.27. The molecule has 0 heterocycles. The summed E-state index contributed by atoms with van der Waals surface area (Å²) in [6.45, 7) is 4.13. The molecular weight excluding hydrogens is 150 g/mol. The minimum absolute atomic E-state index is 0.198. The Morgan fingerprint density at radius 1 is 1.25 bits per heavy atom. The van der Waals surface area contributed by atoms with E-state index in [-0.39, 0.29) is 5.75 Å².